The summed E-state index contributed by atoms with van der Waals surface area (Å²) in [5, 5.41) is 0. The lowest BCUT2D eigenvalue weighted by Crippen LogP contribution is -2.51. The molecular weight excluding hydrogens is 164 g/mol. The zero-order valence-corrected chi connectivity index (χ0v) is 9.35. The van der Waals surface area contributed by atoms with E-state index in [1.165, 1.54) is 5.57 Å². The summed E-state index contributed by atoms with van der Waals surface area (Å²) in [6.07, 6.45) is 3.01. The molecule has 0 aromatic rings. The largest absolute Gasteiger partial charge is 0.377 e. The Morgan fingerprint density at radius 2 is 2.15 bits per heavy atom. The van der Waals surface area contributed by atoms with Crippen LogP contribution in [-0.4, -0.2) is 18.8 Å². The van der Waals surface area contributed by atoms with Gasteiger partial charge in [-0.25, -0.2) is 0 Å². The fourth-order valence-corrected chi connectivity index (χ4v) is 1.23. The van der Waals surface area contributed by atoms with Crippen molar-refractivity contribution in [3.8, 4) is 0 Å². The van der Waals surface area contributed by atoms with Crippen molar-refractivity contribution in [3.63, 3.8) is 0 Å². The predicted octanol–water partition coefficient (Wildman–Crippen LogP) is 1.60. The van der Waals surface area contributed by atoms with Gasteiger partial charge < -0.3 is 4.74 Å². The second-order valence-electron chi connectivity index (χ2n) is 3.76. The first-order chi connectivity index (χ1) is 6.00. The standard InChI is InChI=1S/C10H22N2O/c1-6-10(4,13-5)9(12-11)7-8(2)3/h7,9,12H,6,11H2,1-5H3. The van der Waals surface area contributed by atoms with Crippen molar-refractivity contribution in [1.29, 1.82) is 0 Å². The van der Waals surface area contributed by atoms with Crippen LogP contribution in [0.2, 0.25) is 0 Å². The maximum atomic E-state index is 5.48. The Morgan fingerprint density at radius 1 is 1.62 bits per heavy atom. The van der Waals surface area contributed by atoms with Gasteiger partial charge in [0.05, 0.1) is 11.6 Å². The molecular formula is C10H22N2O. The number of hydrogen-bond donors (Lipinski definition) is 2. The van der Waals surface area contributed by atoms with Crippen molar-refractivity contribution in [3.05, 3.63) is 11.6 Å². The van der Waals surface area contributed by atoms with E-state index in [-0.39, 0.29) is 11.6 Å². The molecule has 0 saturated heterocycles. The van der Waals surface area contributed by atoms with Crippen molar-refractivity contribution in [1.82, 2.24) is 5.43 Å². The van der Waals surface area contributed by atoms with E-state index in [1.807, 2.05) is 0 Å². The van der Waals surface area contributed by atoms with Gasteiger partial charge in [0.15, 0.2) is 0 Å². The van der Waals surface area contributed by atoms with Crippen LogP contribution in [0, 0.1) is 0 Å². The number of rotatable bonds is 5. The number of ether oxygens (including phenoxy) is 1. The molecule has 0 heterocycles. The van der Waals surface area contributed by atoms with Crippen LogP contribution in [0.15, 0.2) is 11.6 Å². The summed E-state index contributed by atoms with van der Waals surface area (Å²) in [6.45, 7) is 8.25. The minimum atomic E-state index is -0.230. The van der Waals surface area contributed by atoms with Crippen molar-refractivity contribution in [2.45, 2.75) is 45.8 Å². The summed E-state index contributed by atoms with van der Waals surface area (Å²) >= 11 is 0. The average Bonchev–Trinajstić information content (AvgIpc) is 2.12. The summed E-state index contributed by atoms with van der Waals surface area (Å²) in [6, 6.07) is 0.0625. The Labute approximate surface area is 81.3 Å². The minimum Gasteiger partial charge on any atom is -0.377 e. The van der Waals surface area contributed by atoms with Crippen molar-refractivity contribution < 1.29 is 4.74 Å². The van der Waals surface area contributed by atoms with Crippen LogP contribution in [-0.2, 0) is 4.74 Å². The number of nitrogens with two attached hydrogens (primary N) is 1. The molecule has 0 spiro atoms. The van der Waals surface area contributed by atoms with E-state index in [2.05, 4.69) is 39.2 Å². The zero-order valence-electron chi connectivity index (χ0n) is 9.35. The van der Waals surface area contributed by atoms with Crippen LogP contribution in [0.4, 0.5) is 0 Å². The summed E-state index contributed by atoms with van der Waals surface area (Å²) in [5.74, 6) is 5.48. The summed E-state index contributed by atoms with van der Waals surface area (Å²) in [7, 11) is 1.71. The number of hydrogen-bond acceptors (Lipinski definition) is 3. The first-order valence-corrected chi connectivity index (χ1v) is 4.66. The Morgan fingerprint density at radius 3 is 2.38 bits per heavy atom. The highest BCUT2D eigenvalue weighted by atomic mass is 16.5. The quantitative estimate of drug-likeness (QED) is 0.389. The molecule has 0 saturated carbocycles. The number of methoxy groups -OCH3 is 1. The maximum Gasteiger partial charge on any atom is 0.0849 e. The smallest absolute Gasteiger partial charge is 0.0849 e. The molecule has 0 amide bonds. The van der Waals surface area contributed by atoms with Crippen molar-refractivity contribution in [2.75, 3.05) is 7.11 Å². The van der Waals surface area contributed by atoms with Crippen molar-refractivity contribution in [2.24, 2.45) is 5.84 Å². The predicted molar refractivity (Wildman–Crippen MR) is 56.2 cm³/mol. The van der Waals surface area contributed by atoms with E-state index in [1.54, 1.807) is 7.11 Å². The first kappa shape index (κ1) is 12.6. The minimum absolute atomic E-state index is 0.0625. The lowest BCUT2D eigenvalue weighted by Gasteiger charge is -2.33. The van der Waals surface area contributed by atoms with Gasteiger partial charge in [0.1, 0.15) is 0 Å². The van der Waals surface area contributed by atoms with E-state index in [0.717, 1.165) is 6.42 Å². The van der Waals surface area contributed by atoms with Crippen LogP contribution < -0.4 is 11.3 Å². The SMILES string of the molecule is CCC(C)(OC)C(C=C(C)C)NN. The van der Waals surface area contributed by atoms with Gasteiger partial charge in [0, 0.05) is 7.11 Å². The second-order valence-corrected chi connectivity index (χ2v) is 3.76. The van der Waals surface area contributed by atoms with Gasteiger partial charge in [0.2, 0.25) is 0 Å². The van der Waals surface area contributed by atoms with E-state index in [4.69, 9.17) is 10.6 Å². The molecule has 0 radical (unpaired) electrons. The zero-order chi connectivity index (χ0) is 10.5. The Balaban J connectivity index is 4.63. The van der Waals surface area contributed by atoms with Crippen molar-refractivity contribution >= 4 is 0 Å². The highest BCUT2D eigenvalue weighted by molar-refractivity contribution is 5.07. The Kier molecular flexibility index (Phi) is 5.21. The normalized spacial score (nSPS) is 17.7. The number of allylic oxidation sites excluding steroid dienone is 1. The summed E-state index contributed by atoms with van der Waals surface area (Å²) in [4.78, 5) is 0. The van der Waals surface area contributed by atoms with Gasteiger partial charge >= 0.3 is 0 Å². The van der Waals surface area contributed by atoms with Gasteiger partial charge in [-0.3, -0.25) is 11.3 Å². The third-order valence-corrected chi connectivity index (χ3v) is 2.51. The van der Waals surface area contributed by atoms with Gasteiger partial charge in [-0.1, -0.05) is 18.6 Å². The first-order valence-electron chi connectivity index (χ1n) is 4.66. The van der Waals surface area contributed by atoms with E-state index in [9.17, 15) is 0 Å². The van der Waals surface area contributed by atoms with Crippen LogP contribution in [0.3, 0.4) is 0 Å². The molecule has 13 heavy (non-hydrogen) atoms. The molecule has 3 nitrogen and oxygen atoms in total. The van der Waals surface area contributed by atoms with Crippen LogP contribution >= 0.6 is 0 Å². The highest BCUT2D eigenvalue weighted by Gasteiger charge is 2.29. The lowest BCUT2D eigenvalue weighted by molar-refractivity contribution is -0.0164. The van der Waals surface area contributed by atoms with Gasteiger partial charge in [0.25, 0.3) is 0 Å². The molecule has 0 aromatic carbocycles. The molecule has 78 valence electrons. The Hall–Kier alpha value is -0.380. The van der Waals surface area contributed by atoms with Gasteiger partial charge in [-0.05, 0) is 27.2 Å². The monoisotopic (exact) mass is 186 g/mol. The molecule has 2 atom stereocenters. The third-order valence-electron chi connectivity index (χ3n) is 2.51. The van der Waals surface area contributed by atoms with E-state index in [0.29, 0.717) is 0 Å². The van der Waals surface area contributed by atoms with Crippen LogP contribution in [0.25, 0.3) is 0 Å². The third kappa shape index (κ3) is 3.46. The molecule has 0 fully saturated rings. The highest BCUT2D eigenvalue weighted by Crippen LogP contribution is 2.20. The van der Waals surface area contributed by atoms with E-state index < -0.39 is 0 Å². The maximum absolute atomic E-state index is 5.48. The summed E-state index contributed by atoms with van der Waals surface area (Å²) in [5.41, 5.74) is 3.78. The molecule has 0 rings (SSSR count). The fourth-order valence-electron chi connectivity index (χ4n) is 1.23. The second kappa shape index (κ2) is 5.37. The number of nitrogens with one attached hydrogen (secondary N) is 1. The lowest BCUT2D eigenvalue weighted by atomic mass is 9.92. The molecule has 0 bridgehead atoms. The fraction of sp³-hybridized carbons (Fsp3) is 0.800. The van der Waals surface area contributed by atoms with Crippen LogP contribution in [0.1, 0.15) is 34.1 Å². The van der Waals surface area contributed by atoms with Gasteiger partial charge in [-0.2, -0.15) is 0 Å². The topological polar surface area (TPSA) is 47.3 Å². The molecule has 3 N–H and O–H groups in total. The molecule has 0 aromatic heterocycles. The average molecular weight is 186 g/mol. The number of hydrazine groups is 1. The molecule has 0 aliphatic heterocycles. The van der Waals surface area contributed by atoms with E-state index >= 15 is 0 Å². The molecule has 0 aliphatic rings. The Bertz CT molecular complexity index is 170. The van der Waals surface area contributed by atoms with Gasteiger partial charge in [-0.15, -0.1) is 0 Å². The molecule has 3 heteroatoms. The summed E-state index contributed by atoms with van der Waals surface area (Å²) < 4.78 is 5.45. The molecule has 0 aliphatic carbocycles. The van der Waals surface area contributed by atoms with Crippen LogP contribution in [0.5, 0.6) is 0 Å². The molecule has 2 unspecified atom stereocenters.